The average Bonchev–Trinajstić information content (AvgIpc) is 2.68. The molecule has 1 saturated heterocycles. The highest BCUT2D eigenvalue weighted by Crippen LogP contribution is 2.27. The summed E-state index contributed by atoms with van der Waals surface area (Å²) >= 11 is 0. The van der Waals surface area contributed by atoms with Crippen LogP contribution in [0.3, 0.4) is 0 Å². The third-order valence-electron chi connectivity index (χ3n) is 2.97. The van der Waals surface area contributed by atoms with Gasteiger partial charge in [0.15, 0.2) is 15.6 Å². The Balaban J connectivity index is 2.33. The number of nitrogens with zero attached hydrogens (tertiary/aromatic N) is 1. The quantitative estimate of drug-likeness (QED) is 0.467. The van der Waals surface area contributed by atoms with Crippen molar-refractivity contribution in [2.24, 2.45) is 5.92 Å². The van der Waals surface area contributed by atoms with E-state index in [-0.39, 0.29) is 29.2 Å². The lowest BCUT2D eigenvalue weighted by Gasteiger charge is -2.06. The van der Waals surface area contributed by atoms with Gasteiger partial charge < -0.3 is 0 Å². The first kappa shape index (κ1) is 12.7. The van der Waals surface area contributed by atoms with Gasteiger partial charge in [-0.3, -0.25) is 14.9 Å². The smallest absolute Gasteiger partial charge is 0.280 e. The van der Waals surface area contributed by atoms with Gasteiger partial charge in [0.25, 0.3) is 5.69 Å². The molecule has 7 heteroatoms. The van der Waals surface area contributed by atoms with Gasteiger partial charge in [-0.1, -0.05) is 12.1 Å². The number of hydrogen-bond acceptors (Lipinski definition) is 5. The number of Topliss-reactive ketones (excluding diaryl/α,β-unsaturated/α-hetero) is 1. The van der Waals surface area contributed by atoms with Crippen LogP contribution >= 0.6 is 0 Å². The molecule has 1 unspecified atom stereocenters. The molecule has 1 aromatic rings. The van der Waals surface area contributed by atoms with Crippen LogP contribution in [0.4, 0.5) is 5.69 Å². The van der Waals surface area contributed by atoms with Gasteiger partial charge in [-0.25, -0.2) is 8.42 Å². The van der Waals surface area contributed by atoms with Gasteiger partial charge in [-0.05, 0) is 12.5 Å². The number of carbonyl (C=O) groups excluding carboxylic acids is 1. The molecule has 0 amide bonds. The molecule has 1 atom stereocenters. The first-order valence-electron chi connectivity index (χ1n) is 5.39. The Labute approximate surface area is 104 Å². The molecule has 0 bridgehead atoms. The first-order chi connectivity index (χ1) is 8.41. The predicted molar refractivity (Wildman–Crippen MR) is 64.2 cm³/mol. The maximum atomic E-state index is 12.1. The zero-order valence-electron chi connectivity index (χ0n) is 9.40. The Morgan fingerprint density at radius 2 is 2.00 bits per heavy atom. The molecule has 1 heterocycles. The highest BCUT2D eigenvalue weighted by Gasteiger charge is 2.35. The minimum Gasteiger partial charge on any atom is -0.294 e. The van der Waals surface area contributed by atoms with Crippen molar-refractivity contribution in [3.8, 4) is 0 Å². The van der Waals surface area contributed by atoms with Crippen molar-refractivity contribution in [1.82, 2.24) is 0 Å². The summed E-state index contributed by atoms with van der Waals surface area (Å²) in [5.41, 5.74) is -0.281. The van der Waals surface area contributed by atoms with Crippen molar-refractivity contribution >= 4 is 21.3 Å². The van der Waals surface area contributed by atoms with E-state index < -0.39 is 26.5 Å². The standard InChI is InChI=1S/C11H11NO5S/c13-11(8-5-6-18(16,17)7-8)9-3-1-2-4-10(9)12(14)15/h1-4,8H,5-7H2. The minimum absolute atomic E-state index is 0.00963. The number of sulfone groups is 1. The van der Waals surface area contributed by atoms with Gasteiger partial charge in [0.1, 0.15) is 0 Å². The van der Waals surface area contributed by atoms with Crippen LogP contribution in [0, 0.1) is 16.0 Å². The molecular weight excluding hydrogens is 258 g/mol. The van der Waals surface area contributed by atoms with Crippen LogP contribution in [0.25, 0.3) is 0 Å². The first-order valence-corrected chi connectivity index (χ1v) is 7.21. The third kappa shape index (κ3) is 2.40. The van der Waals surface area contributed by atoms with Gasteiger partial charge in [0, 0.05) is 12.0 Å². The summed E-state index contributed by atoms with van der Waals surface area (Å²) in [6.45, 7) is 0. The van der Waals surface area contributed by atoms with E-state index in [1.807, 2.05) is 0 Å². The fraction of sp³-hybridized carbons (Fsp3) is 0.364. The summed E-state index contributed by atoms with van der Waals surface area (Å²) in [5.74, 6) is -1.35. The van der Waals surface area contributed by atoms with E-state index in [0.29, 0.717) is 0 Å². The summed E-state index contributed by atoms with van der Waals surface area (Å²) < 4.78 is 22.6. The highest BCUT2D eigenvalue weighted by atomic mass is 32.2. The maximum absolute atomic E-state index is 12.1. The van der Waals surface area contributed by atoms with Crippen LogP contribution in [-0.4, -0.2) is 30.6 Å². The van der Waals surface area contributed by atoms with Crippen LogP contribution in [-0.2, 0) is 9.84 Å². The molecule has 0 aliphatic carbocycles. The second-order valence-corrected chi connectivity index (χ2v) is 6.47. The molecule has 0 saturated carbocycles. The molecule has 1 aliphatic heterocycles. The van der Waals surface area contributed by atoms with Crippen LogP contribution in [0.5, 0.6) is 0 Å². The van der Waals surface area contributed by atoms with Gasteiger partial charge in [-0.2, -0.15) is 0 Å². The van der Waals surface area contributed by atoms with E-state index in [2.05, 4.69) is 0 Å². The van der Waals surface area contributed by atoms with E-state index in [9.17, 15) is 23.3 Å². The topological polar surface area (TPSA) is 94.3 Å². The predicted octanol–water partition coefficient (Wildman–Crippen LogP) is 1.21. The van der Waals surface area contributed by atoms with E-state index in [1.165, 1.54) is 24.3 Å². The number of hydrogen-bond donors (Lipinski definition) is 0. The van der Waals surface area contributed by atoms with Crippen LogP contribution in [0.1, 0.15) is 16.8 Å². The van der Waals surface area contributed by atoms with Gasteiger partial charge >= 0.3 is 0 Å². The molecule has 1 aliphatic rings. The SMILES string of the molecule is O=C(c1ccccc1[N+](=O)[O-])C1CCS(=O)(=O)C1. The summed E-state index contributed by atoms with van der Waals surface area (Å²) in [4.78, 5) is 22.3. The Morgan fingerprint density at radius 1 is 1.33 bits per heavy atom. The van der Waals surface area contributed by atoms with Gasteiger partial charge in [-0.15, -0.1) is 0 Å². The van der Waals surface area contributed by atoms with Crippen molar-refractivity contribution in [3.63, 3.8) is 0 Å². The lowest BCUT2D eigenvalue weighted by Crippen LogP contribution is -2.17. The molecule has 1 fully saturated rings. The Bertz CT molecular complexity index is 608. The lowest BCUT2D eigenvalue weighted by atomic mass is 9.96. The normalized spacial score (nSPS) is 21.7. The third-order valence-corrected chi connectivity index (χ3v) is 4.74. The van der Waals surface area contributed by atoms with E-state index >= 15 is 0 Å². The van der Waals surface area contributed by atoms with E-state index in [0.717, 1.165) is 0 Å². The molecular formula is C11H11NO5S. The van der Waals surface area contributed by atoms with Crippen LogP contribution < -0.4 is 0 Å². The molecule has 18 heavy (non-hydrogen) atoms. The van der Waals surface area contributed by atoms with Crippen LogP contribution in [0.2, 0.25) is 0 Å². The van der Waals surface area contributed by atoms with E-state index in [1.54, 1.807) is 0 Å². The summed E-state index contributed by atoms with van der Waals surface area (Å²) in [7, 11) is -3.17. The summed E-state index contributed by atoms with van der Waals surface area (Å²) in [5, 5.41) is 10.8. The summed E-state index contributed by atoms with van der Waals surface area (Å²) in [6, 6.07) is 5.62. The second kappa shape index (κ2) is 4.49. The number of benzene rings is 1. The van der Waals surface area contributed by atoms with Gasteiger partial charge in [0.05, 0.1) is 22.0 Å². The van der Waals surface area contributed by atoms with Crippen molar-refractivity contribution < 1.29 is 18.1 Å². The Kier molecular flexibility index (Phi) is 3.16. The zero-order chi connectivity index (χ0) is 13.3. The number of nitro benzene ring substituents is 1. The van der Waals surface area contributed by atoms with Crippen molar-refractivity contribution in [3.05, 3.63) is 39.9 Å². The molecule has 2 rings (SSSR count). The molecule has 0 spiro atoms. The number of ketones is 1. The molecule has 0 N–H and O–H groups in total. The molecule has 96 valence electrons. The average molecular weight is 269 g/mol. The maximum Gasteiger partial charge on any atom is 0.280 e. The molecule has 1 aromatic carbocycles. The largest absolute Gasteiger partial charge is 0.294 e. The highest BCUT2D eigenvalue weighted by molar-refractivity contribution is 7.91. The number of carbonyl (C=O) groups is 1. The number of para-hydroxylation sites is 1. The minimum atomic E-state index is -3.17. The molecule has 0 radical (unpaired) electrons. The summed E-state index contributed by atoms with van der Waals surface area (Å²) in [6.07, 6.45) is 0.243. The fourth-order valence-electron chi connectivity index (χ4n) is 2.06. The van der Waals surface area contributed by atoms with Crippen LogP contribution in [0.15, 0.2) is 24.3 Å². The number of nitro groups is 1. The Hall–Kier alpha value is -1.76. The van der Waals surface area contributed by atoms with Gasteiger partial charge in [0.2, 0.25) is 0 Å². The number of rotatable bonds is 3. The van der Waals surface area contributed by atoms with Crippen molar-refractivity contribution in [1.29, 1.82) is 0 Å². The fourth-order valence-corrected chi connectivity index (χ4v) is 3.80. The Morgan fingerprint density at radius 3 is 2.56 bits per heavy atom. The van der Waals surface area contributed by atoms with Crippen molar-refractivity contribution in [2.45, 2.75) is 6.42 Å². The molecule has 6 nitrogen and oxygen atoms in total. The van der Waals surface area contributed by atoms with E-state index in [4.69, 9.17) is 0 Å². The monoisotopic (exact) mass is 269 g/mol. The zero-order valence-corrected chi connectivity index (χ0v) is 10.2. The lowest BCUT2D eigenvalue weighted by molar-refractivity contribution is -0.385. The van der Waals surface area contributed by atoms with Crippen molar-refractivity contribution in [2.75, 3.05) is 11.5 Å². The molecule has 0 aromatic heterocycles. The second-order valence-electron chi connectivity index (χ2n) is 4.24.